The van der Waals surface area contributed by atoms with Crippen molar-refractivity contribution in [3.8, 4) is 0 Å². The first-order valence-electron chi connectivity index (χ1n) is 6.37. The van der Waals surface area contributed by atoms with Crippen molar-refractivity contribution in [1.29, 1.82) is 0 Å². The fraction of sp³-hybridized carbons (Fsp3) is 0.750. The van der Waals surface area contributed by atoms with Gasteiger partial charge in [-0.2, -0.15) is 5.10 Å². The van der Waals surface area contributed by atoms with E-state index >= 15 is 0 Å². The Balaban J connectivity index is 1.57. The molecule has 1 aromatic rings. The van der Waals surface area contributed by atoms with Crippen LogP contribution in [0.2, 0.25) is 0 Å². The third-order valence-corrected chi connectivity index (χ3v) is 3.61. The SMILES string of the molecule is c1cc(CN(C[C@H]2CCCN2)C2CC2)[nH]n1. The van der Waals surface area contributed by atoms with Gasteiger partial charge in [0.25, 0.3) is 0 Å². The molecule has 1 aliphatic carbocycles. The standard InChI is InChI=1S/C12H20N4/c1-2-10(13-6-1)8-16(12-3-4-12)9-11-5-7-14-15-11/h5,7,10,12-13H,1-4,6,8-9H2,(H,14,15)/t10-/m1/s1. The maximum absolute atomic E-state index is 4.02. The van der Waals surface area contributed by atoms with Gasteiger partial charge in [-0.3, -0.25) is 10.00 Å². The first-order valence-corrected chi connectivity index (χ1v) is 6.37. The van der Waals surface area contributed by atoms with Crippen molar-refractivity contribution in [2.24, 2.45) is 0 Å². The molecule has 2 N–H and O–H groups in total. The van der Waals surface area contributed by atoms with Crippen LogP contribution >= 0.6 is 0 Å². The molecule has 0 spiro atoms. The molecule has 3 rings (SSSR count). The van der Waals surface area contributed by atoms with E-state index in [9.17, 15) is 0 Å². The van der Waals surface area contributed by atoms with Crippen LogP contribution in [-0.2, 0) is 6.54 Å². The molecule has 1 aromatic heterocycles. The number of hydrogen-bond acceptors (Lipinski definition) is 3. The predicted octanol–water partition coefficient (Wildman–Crippen LogP) is 1.13. The lowest BCUT2D eigenvalue weighted by molar-refractivity contribution is 0.228. The lowest BCUT2D eigenvalue weighted by Crippen LogP contribution is -2.38. The molecule has 1 atom stereocenters. The lowest BCUT2D eigenvalue weighted by atomic mass is 10.2. The zero-order valence-electron chi connectivity index (χ0n) is 9.65. The van der Waals surface area contributed by atoms with Crippen molar-refractivity contribution in [3.05, 3.63) is 18.0 Å². The molecule has 88 valence electrons. The molecule has 2 fully saturated rings. The Morgan fingerprint density at radius 1 is 1.38 bits per heavy atom. The van der Waals surface area contributed by atoms with Crippen LogP contribution in [0.4, 0.5) is 0 Å². The van der Waals surface area contributed by atoms with Gasteiger partial charge in [0.15, 0.2) is 0 Å². The Morgan fingerprint density at radius 2 is 2.31 bits per heavy atom. The van der Waals surface area contributed by atoms with Gasteiger partial charge in [-0.05, 0) is 38.3 Å². The predicted molar refractivity (Wildman–Crippen MR) is 63.0 cm³/mol. The summed E-state index contributed by atoms with van der Waals surface area (Å²) in [6.45, 7) is 3.43. The van der Waals surface area contributed by atoms with E-state index in [-0.39, 0.29) is 0 Å². The molecule has 2 aliphatic rings. The van der Waals surface area contributed by atoms with Crippen LogP contribution in [0.15, 0.2) is 12.3 Å². The van der Waals surface area contributed by atoms with Crippen molar-refractivity contribution in [3.63, 3.8) is 0 Å². The molecule has 16 heavy (non-hydrogen) atoms. The smallest absolute Gasteiger partial charge is 0.0492 e. The Kier molecular flexibility index (Phi) is 2.93. The zero-order chi connectivity index (χ0) is 10.8. The zero-order valence-corrected chi connectivity index (χ0v) is 9.65. The average Bonchev–Trinajstić information content (AvgIpc) is 2.79. The van der Waals surface area contributed by atoms with Crippen LogP contribution in [0.25, 0.3) is 0 Å². The number of aromatic nitrogens is 2. The highest BCUT2D eigenvalue weighted by molar-refractivity contribution is 5.00. The first-order chi connectivity index (χ1) is 7.92. The first kappa shape index (κ1) is 10.3. The highest BCUT2D eigenvalue weighted by Gasteiger charge is 2.31. The van der Waals surface area contributed by atoms with Crippen LogP contribution in [0, 0.1) is 0 Å². The molecule has 4 nitrogen and oxygen atoms in total. The molecule has 0 aromatic carbocycles. The second kappa shape index (κ2) is 4.55. The Labute approximate surface area is 96.4 Å². The van der Waals surface area contributed by atoms with Gasteiger partial charge in [0.1, 0.15) is 0 Å². The van der Waals surface area contributed by atoms with E-state index < -0.39 is 0 Å². The fourth-order valence-corrected chi connectivity index (χ4v) is 2.57. The molecule has 2 heterocycles. The molecule has 0 amide bonds. The van der Waals surface area contributed by atoms with E-state index in [1.54, 1.807) is 0 Å². The van der Waals surface area contributed by atoms with Crippen LogP contribution < -0.4 is 5.32 Å². The summed E-state index contributed by atoms with van der Waals surface area (Å²) in [5, 5.41) is 10.7. The average molecular weight is 220 g/mol. The quantitative estimate of drug-likeness (QED) is 0.781. The largest absolute Gasteiger partial charge is 0.313 e. The molecular formula is C12H20N4. The Hall–Kier alpha value is -0.870. The third kappa shape index (κ3) is 2.44. The number of nitrogens with one attached hydrogen (secondary N) is 2. The van der Waals surface area contributed by atoms with E-state index in [0.29, 0.717) is 6.04 Å². The molecule has 1 saturated heterocycles. The van der Waals surface area contributed by atoms with Gasteiger partial charge in [0.2, 0.25) is 0 Å². The number of H-pyrrole nitrogens is 1. The van der Waals surface area contributed by atoms with Gasteiger partial charge >= 0.3 is 0 Å². The van der Waals surface area contributed by atoms with E-state index in [1.165, 1.54) is 44.5 Å². The van der Waals surface area contributed by atoms with Crippen LogP contribution in [-0.4, -0.2) is 40.3 Å². The summed E-state index contributed by atoms with van der Waals surface area (Å²) in [6.07, 6.45) is 7.27. The summed E-state index contributed by atoms with van der Waals surface area (Å²) >= 11 is 0. The molecule has 1 saturated carbocycles. The minimum atomic E-state index is 0.712. The second-order valence-electron chi connectivity index (χ2n) is 5.04. The highest BCUT2D eigenvalue weighted by Crippen LogP contribution is 2.28. The van der Waals surface area contributed by atoms with Crippen molar-refractivity contribution in [1.82, 2.24) is 20.4 Å². The van der Waals surface area contributed by atoms with Crippen molar-refractivity contribution in [2.45, 2.75) is 44.3 Å². The summed E-state index contributed by atoms with van der Waals surface area (Å²) in [4.78, 5) is 2.61. The summed E-state index contributed by atoms with van der Waals surface area (Å²) < 4.78 is 0. The molecule has 1 aliphatic heterocycles. The van der Waals surface area contributed by atoms with Gasteiger partial charge in [-0.15, -0.1) is 0 Å². The third-order valence-electron chi connectivity index (χ3n) is 3.61. The van der Waals surface area contributed by atoms with Gasteiger partial charge in [-0.25, -0.2) is 0 Å². The van der Waals surface area contributed by atoms with E-state index in [1.807, 2.05) is 6.20 Å². The number of nitrogens with zero attached hydrogens (tertiary/aromatic N) is 2. The van der Waals surface area contributed by atoms with Gasteiger partial charge < -0.3 is 5.32 Å². The minimum Gasteiger partial charge on any atom is -0.313 e. The summed E-state index contributed by atoms with van der Waals surface area (Å²) in [5.41, 5.74) is 1.24. The molecular weight excluding hydrogens is 200 g/mol. The summed E-state index contributed by atoms with van der Waals surface area (Å²) in [6, 6.07) is 3.62. The van der Waals surface area contributed by atoms with Gasteiger partial charge in [0.05, 0.1) is 0 Å². The van der Waals surface area contributed by atoms with Gasteiger partial charge in [0, 0.05) is 37.1 Å². The topological polar surface area (TPSA) is 44.0 Å². The van der Waals surface area contributed by atoms with Crippen LogP contribution in [0.3, 0.4) is 0 Å². The Morgan fingerprint density at radius 3 is 2.94 bits per heavy atom. The second-order valence-corrected chi connectivity index (χ2v) is 5.04. The molecule has 4 heteroatoms. The molecule has 0 bridgehead atoms. The summed E-state index contributed by atoms with van der Waals surface area (Å²) in [7, 11) is 0. The number of aromatic amines is 1. The Bertz CT molecular complexity index is 312. The monoisotopic (exact) mass is 220 g/mol. The molecule has 0 radical (unpaired) electrons. The van der Waals surface area contributed by atoms with Crippen LogP contribution in [0.5, 0.6) is 0 Å². The van der Waals surface area contributed by atoms with E-state index in [2.05, 4.69) is 26.5 Å². The van der Waals surface area contributed by atoms with Crippen molar-refractivity contribution in [2.75, 3.05) is 13.1 Å². The van der Waals surface area contributed by atoms with E-state index in [4.69, 9.17) is 0 Å². The van der Waals surface area contributed by atoms with Crippen LogP contribution in [0.1, 0.15) is 31.4 Å². The highest BCUT2D eigenvalue weighted by atomic mass is 15.2. The van der Waals surface area contributed by atoms with E-state index in [0.717, 1.165) is 12.6 Å². The van der Waals surface area contributed by atoms with Gasteiger partial charge in [-0.1, -0.05) is 0 Å². The normalized spacial score (nSPS) is 25.4. The number of hydrogen-bond donors (Lipinski definition) is 2. The molecule has 0 unspecified atom stereocenters. The van der Waals surface area contributed by atoms with Crippen molar-refractivity contribution >= 4 is 0 Å². The maximum atomic E-state index is 4.02. The summed E-state index contributed by atoms with van der Waals surface area (Å²) in [5.74, 6) is 0. The fourth-order valence-electron chi connectivity index (χ4n) is 2.57. The lowest BCUT2D eigenvalue weighted by Gasteiger charge is -2.24. The number of rotatable bonds is 5. The minimum absolute atomic E-state index is 0.712. The van der Waals surface area contributed by atoms with Crippen molar-refractivity contribution < 1.29 is 0 Å². The maximum Gasteiger partial charge on any atom is 0.0492 e.